The summed E-state index contributed by atoms with van der Waals surface area (Å²) in [4.78, 5) is 67.9. The van der Waals surface area contributed by atoms with E-state index in [9.17, 15) is 33.9 Å². The van der Waals surface area contributed by atoms with Gasteiger partial charge < -0.3 is 64.7 Å². The molecule has 438 valence electrons. The SMILES string of the molecule is Br.CC(C)(C)OC(=O)NCC1(CC(=O)O)CCC(=O)CC1.CC(C)(C)OC(=O)NCC1(CC(=O)O)CCC(NCCCS)CC1.NCC1(CC(=O)O)CCC(NCCCS)CC1.NCCCSSCCCN.[B]C#N.[H-].[Na+]. The molecular weight excluding hydrogens is 1130 g/mol. The van der Waals surface area contributed by atoms with Crippen molar-refractivity contribution in [1.82, 2.24) is 21.3 Å². The Bertz CT molecular complexity index is 1630. The first-order chi connectivity index (χ1) is 34.7. The van der Waals surface area contributed by atoms with E-state index in [1.54, 1.807) is 41.5 Å². The number of hydrogen-bond acceptors (Lipinski definition) is 18. The fraction of sp³-hybridized carbons (Fsp3) is 0.860. The maximum absolute atomic E-state index is 11.9. The van der Waals surface area contributed by atoms with Crippen molar-refractivity contribution in [2.45, 2.75) is 187 Å². The number of carbonyl (C=O) groups is 6. The molecule has 19 nitrogen and oxygen atoms in total. The molecule has 3 aliphatic rings. The van der Waals surface area contributed by atoms with Crippen molar-refractivity contribution in [2.75, 3.05) is 68.8 Å². The number of rotatable bonds is 26. The number of nitrogens with zero attached hydrogens (tertiary/aromatic N) is 1. The second-order valence-electron chi connectivity index (χ2n) is 21.3. The van der Waals surface area contributed by atoms with Crippen LogP contribution >= 0.6 is 63.8 Å². The molecule has 3 rings (SSSR count). The molecule has 0 spiro atoms. The summed E-state index contributed by atoms with van der Waals surface area (Å²) in [6, 6.07) is 0.955. The van der Waals surface area contributed by atoms with Gasteiger partial charge in [0, 0.05) is 49.5 Å². The van der Waals surface area contributed by atoms with Crippen molar-refractivity contribution >= 4 is 108 Å². The summed E-state index contributed by atoms with van der Waals surface area (Å²) in [5.41, 5.74) is 14.2. The fourth-order valence-electron chi connectivity index (χ4n) is 8.50. The summed E-state index contributed by atoms with van der Waals surface area (Å²) in [6.07, 6.45) is 12.7. The molecule has 0 saturated heterocycles. The standard InChI is InChI=1S/C17H32N2O4S.C14H23NO5.C12H24N2O2S.C6H16N2S2.CBN.BrH.Na.H/c1-16(2,3)23-15(22)19-12-17(11-14(20)21)7-5-13(6-8-17)18-9-4-10-24;1-13(2,3)20-12(19)15-9-14(8-11(17)18)6-4-10(16)5-7-14;13-9-12(8-11(15)16)4-2-10(3-5-12)14-6-1-7-17;7-3-1-5-9-10-6-2-4-8;2-1-3;;;/h13,18,24H,4-12H2,1-3H3,(H,19,22)(H,20,21);4-9H2,1-3H3,(H,15,19)(H,17,18);10,14,17H,1-9,13H2,(H,15,16);1-8H2;;1H;;/q;;;;;;+1;-1. The molecule has 3 aliphatic carbocycles. The third-order valence-electron chi connectivity index (χ3n) is 12.5. The van der Waals surface area contributed by atoms with Gasteiger partial charge in [0.15, 0.2) is 0 Å². The zero-order valence-electron chi connectivity index (χ0n) is 47.9. The Morgan fingerprint density at radius 2 is 0.987 bits per heavy atom. The monoisotopic (exact) mass is 1230 g/mol. The summed E-state index contributed by atoms with van der Waals surface area (Å²) in [5.74, 6) is 3.07. The molecule has 0 aromatic rings. The first-order valence-electron chi connectivity index (χ1n) is 26.0. The Morgan fingerprint density at radius 1 is 0.671 bits per heavy atom. The Labute approximate surface area is 509 Å². The molecule has 26 heteroatoms. The predicted molar refractivity (Wildman–Crippen MR) is 318 cm³/mol. The fourth-order valence-corrected chi connectivity index (χ4v) is 11.0. The number of hydrogen-bond donors (Lipinski definition) is 12. The van der Waals surface area contributed by atoms with Gasteiger partial charge >= 0.3 is 59.7 Å². The van der Waals surface area contributed by atoms with E-state index in [2.05, 4.69) is 54.4 Å². The van der Waals surface area contributed by atoms with Crippen LogP contribution in [0, 0.1) is 27.5 Å². The molecule has 0 aliphatic heterocycles. The van der Waals surface area contributed by atoms with Crippen LogP contribution in [-0.4, -0.2) is 151 Å². The van der Waals surface area contributed by atoms with E-state index < -0.39 is 46.7 Å². The topological polar surface area (TPSA) is 332 Å². The Hall–Kier alpha value is -1.15. The molecule has 3 fully saturated rings. The number of amides is 2. The summed E-state index contributed by atoms with van der Waals surface area (Å²) >= 11 is 8.38. The summed E-state index contributed by atoms with van der Waals surface area (Å²) in [7, 11) is 7.95. The first kappa shape index (κ1) is 81.3. The molecule has 2 radical (unpaired) electrons. The number of nitrogens with two attached hydrogens (primary N) is 3. The number of aliphatic carboxylic acids is 3. The summed E-state index contributed by atoms with van der Waals surface area (Å²) in [5, 5.41) is 46.7. The Balaban J connectivity index is -0.000000300. The number of thiol groups is 2. The maximum Gasteiger partial charge on any atom is 1.00 e. The third-order valence-corrected chi connectivity index (χ3v) is 15.7. The minimum Gasteiger partial charge on any atom is -1.00 e. The van der Waals surface area contributed by atoms with Crippen molar-refractivity contribution in [2.24, 2.45) is 33.4 Å². The number of carboxylic acid groups (broad SMARTS) is 3. The number of alkyl carbamates (subject to hydrolysis) is 2. The van der Waals surface area contributed by atoms with Crippen molar-refractivity contribution < 1.29 is 84.5 Å². The van der Waals surface area contributed by atoms with E-state index in [0.29, 0.717) is 50.9 Å². The number of ketones is 1. The van der Waals surface area contributed by atoms with Crippen molar-refractivity contribution in [1.29, 1.82) is 5.26 Å². The average Bonchev–Trinajstić information content (AvgIpc) is 3.31. The van der Waals surface area contributed by atoms with Crippen LogP contribution in [0.5, 0.6) is 0 Å². The largest absolute Gasteiger partial charge is 1.00 e. The van der Waals surface area contributed by atoms with Crippen LogP contribution in [-0.2, 0) is 28.7 Å². The van der Waals surface area contributed by atoms with Gasteiger partial charge in [-0.15, -0.1) is 17.0 Å². The van der Waals surface area contributed by atoms with Gasteiger partial charge in [-0.1, -0.05) is 21.6 Å². The molecular formula is C50H97BBrN8NaO11S4. The van der Waals surface area contributed by atoms with Gasteiger partial charge in [-0.3, -0.25) is 19.2 Å². The van der Waals surface area contributed by atoms with Crippen LogP contribution in [0.25, 0.3) is 0 Å². The number of Topliss-reactive ketones (excluding diaryl/α,β-unsaturated/α-hetero) is 1. The predicted octanol–water partition coefficient (Wildman–Crippen LogP) is 4.59. The quantitative estimate of drug-likeness (QED) is 0.0244. The van der Waals surface area contributed by atoms with E-state index in [0.717, 1.165) is 115 Å². The molecule has 13 N–H and O–H groups in total. The molecule has 0 bridgehead atoms. The number of nitrogens with one attached hydrogen (secondary N) is 4. The first-order valence-corrected chi connectivity index (χ1v) is 29.7. The minimum atomic E-state index is -0.912. The third kappa shape index (κ3) is 44.6. The second-order valence-corrected chi connectivity index (χ2v) is 24.9. The number of nitriles is 1. The van der Waals surface area contributed by atoms with Crippen molar-refractivity contribution in [3.63, 3.8) is 0 Å². The van der Waals surface area contributed by atoms with E-state index in [1.807, 2.05) is 21.6 Å². The number of halogens is 1. The summed E-state index contributed by atoms with van der Waals surface area (Å²) < 4.78 is 10.4. The van der Waals surface area contributed by atoms with E-state index in [4.69, 9.17) is 42.1 Å². The van der Waals surface area contributed by atoms with E-state index in [1.165, 1.54) is 17.5 Å². The minimum absolute atomic E-state index is 0. The maximum atomic E-state index is 11.9. The zero-order chi connectivity index (χ0) is 56.7. The molecule has 76 heavy (non-hydrogen) atoms. The van der Waals surface area contributed by atoms with Crippen LogP contribution in [0.15, 0.2) is 0 Å². The normalized spacial score (nSPS) is 20.5. The van der Waals surface area contributed by atoms with Gasteiger partial charge in [-0.2, -0.15) is 25.3 Å². The van der Waals surface area contributed by atoms with Gasteiger partial charge in [0.05, 0.1) is 19.3 Å². The van der Waals surface area contributed by atoms with Crippen LogP contribution < -0.4 is 68.0 Å². The molecule has 0 atom stereocenters. The van der Waals surface area contributed by atoms with E-state index >= 15 is 0 Å². The van der Waals surface area contributed by atoms with Gasteiger partial charge in [0.2, 0.25) is 7.85 Å². The average molecular weight is 1230 g/mol. The van der Waals surface area contributed by atoms with Crippen LogP contribution in [0.4, 0.5) is 9.59 Å². The van der Waals surface area contributed by atoms with Crippen molar-refractivity contribution in [3.8, 4) is 5.97 Å². The molecule has 0 heterocycles. The molecule has 0 aromatic carbocycles. The number of ether oxygens (including phenoxy) is 2. The van der Waals surface area contributed by atoms with Gasteiger partial charge in [0.1, 0.15) is 17.0 Å². The second kappa shape index (κ2) is 46.5. The van der Waals surface area contributed by atoms with Crippen LogP contribution in [0.3, 0.4) is 0 Å². The molecule has 0 unspecified atom stereocenters. The molecule has 3 saturated carbocycles. The van der Waals surface area contributed by atoms with E-state index in [-0.39, 0.29) is 90.4 Å². The number of carboxylic acids is 3. The van der Waals surface area contributed by atoms with Crippen molar-refractivity contribution in [3.05, 3.63) is 0 Å². The Kier molecular flexibility index (Phi) is 49.7. The Morgan fingerprint density at radius 3 is 1.28 bits per heavy atom. The van der Waals surface area contributed by atoms with Gasteiger partial charge in [-0.25, -0.2) is 14.9 Å². The smallest absolute Gasteiger partial charge is 1.00 e. The zero-order valence-corrected chi connectivity index (χ0v) is 54.0. The molecule has 0 aromatic heterocycles. The number of carbonyl (C=O) groups excluding carboxylic acids is 3. The summed E-state index contributed by atoms with van der Waals surface area (Å²) in [6.45, 7) is 15.3. The van der Waals surface area contributed by atoms with Gasteiger partial charge in [-0.05, 0) is 198 Å². The van der Waals surface area contributed by atoms with Crippen LogP contribution in [0.1, 0.15) is 165 Å². The van der Waals surface area contributed by atoms with Crippen LogP contribution in [0.2, 0.25) is 0 Å². The van der Waals surface area contributed by atoms with Gasteiger partial charge in [0.25, 0.3) is 0 Å². The molecule has 2 amide bonds.